The Balaban J connectivity index is 2.18. The van der Waals surface area contributed by atoms with Crippen LogP contribution < -0.4 is 0 Å². The minimum atomic E-state index is -4.94. The minimum Gasteiger partial charge on any atom is -0.399 e. The first kappa shape index (κ1) is 21.7. The van der Waals surface area contributed by atoms with Crippen molar-refractivity contribution in [1.29, 1.82) is 0 Å². The van der Waals surface area contributed by atoms with Crippen LogP contribution in [0, 0.1) is 5.82 Å². The SMILES string of the molecule is CO/N=C(\COCc1cc(C(F)(F)F)cc(C(F)(F)F)c1)c1ccc(F)cc1. The van der Waals surface area contributed by atoms with Gasteiger partial charge in [0, 0.05) is 5.56 Å². The van der Waals surface area contributed by atoms with Gasteiger partial charge in [-0.25, -0.2) is 4.39 Å². The molecule has 0 atom stereocenters. The standard InChI is InChI=1S/C18H14F7NO2/c1-27-26-16(12-2-4-15(19)5-3-12)10-28-9-11-6-13(17(20,21)22)8-14(7-11)18(23,24)25/h2-8H,9-10H2,1H3/b26-16+. The number of hydrogen-bond acceptors (Lipinski definition) is 3. The Hall–Kier alpha value is -2.62. The summed E-state index contributed by atoms with van der Waals surface area (Å²) in [5, 5.41) is 3.68. The molecule has 0 aliphatic carbocycles. The molecule has 28 heavy (non-hydrogen) atoms. The van der Waals surface area contributed by atoms with Gasteiger partial charge in [-0.1, -0.05) is 17.3 Å². The lowest BCUT2D eigenvalue weighted by Gasteiger charge is -2.14. The number of rotatable bonds is 6. The van der Waals surface area contributed by atoms with E-state index in [9.17, 15) is 30.7 Å². The predicted octanol–water partition coefficient (Wildman–Crippen LogP) is 5.43. The quantitative estimate of drug-likeness (QED) is 0.362. The molecule has 2 rings (SSSR count). The molecule has 0 radical (unpaired) electrons. The van der Waals surface area contributed by atoms with E-state index in [0.29, 0.717) is 17.7 Å². The van der Waals surface area contributed by atoms with E-state index in [1.54, 1.807) is 0 Å². The van der Waals surface area contributed by atoms with Crippen LogP contribution in [0.5, 0.6) is 0 Å². The van der Waals surface area contributed by atoms with E-state index in [-0.39, 0.29) is 23.9 Å². The molecule has 0 N–H and O–H groups in total. The molecule has 2 aromatic rings. The molecule has 0 amide bonds. The first-order chi connectivity index (χ1) is 13.0. The molecular formula is C18H14F7NO2. The average molecular weight is 409 g/mol. The van der Waals surface area contributed by atoms with E-state index >= 15 is 0 Å². The summed E-state index contributed by atoms with van der Waals surface area (Å²) in [4.78, 5) is 4.64. The van der Waals surface area contributed by atoms with Gasteiger partial charge in [0.15, 0.2) is 0 Å². The van der Waals surface area contributed by atoms with E-state index in [0.717, 1.165) is 12.1 Å². The van der Waals surface area contributed by atoms with E-state index in [1.165, 1.54) is 19.2 Å². The molecule has 0 bridgehead atoms. The molecule has 0 spiro atoms. The molecule has 0 fully saturated rings. The summed E-state index contributed by atoms with van der Waals surface area (Å²) >= 11 is 0. The number of hydrogen-bond donors (Lipinski definition) is 0. The van der Waals surface area contributed by atoms with Crippen LogP contribution >= 0.6 is 0 Å². The molecule has 3 nitrogen and oxygen atoms in total. The van der Waals surface area contributed by atoms with Gasteiger partial charge >= 0.3 is 12.4 Å². The second-order valence-corrected chi connectivity index (χ2v) is 5.63. The van der Waals surface area contributed by atoms with Gasteiger partial charge in [0.1, 0.15) is 18.6 Å². The van der Waals surface area contributed by atoms with Crippen LogP contribution in [-0.4, -0.2) is 19.4 Å². The molecule has 10 heteroatoms. The Bertz CT molecular complexity index is 795. The van der Waals surface area contributed by atoms with Gasteiger partial charge in [0.05, 0.1) is 24.3 Å². The highest BCUT2D eigenvalue weighted by Gasteiger charge is 2.36. The summed E-state index contributed by atoms with van der Waals surface area (Å²) in [6.07, 6.45) is -9.88. The van der Waals surface area contributed by atoms with E-state index in [2.05, 4.69) is 9.99 Å². The molecule has 0 aliphatic heterocycles. The third-order valence-corrected chi connectivity index (χ3v) is 3.53. The summed E-state index contributed by atoms with van der Waals surface area (Å²) in [6, 6.07) is 6.28. The van der Waals surface area contributed by atoms with E-state index in [4.69, 9.17) is 4.74 Å². The lowest BCUT2D eigenvalue weighted by atomic mass is 10.1. The third kappa shape index (κ3) is 5.95. The monoisotopic (exact) mass is 409 g/mol. The van der Waals surface area contributed by atoms with Crippen molar-refractivity contribution in [2.75, 3.05) is 13.7 Å². The van der Waals surface area contributed by atoms with Crippen molar-refractivity contribution in [3.05, 3.63) is 70.5 Å². The highest BCUT2D eigenvalue weighted by molar-refractivity contribution is 6.01. The molecule has 0 heterocycles. The maximum atomic E-state index is 13.0. The van der Waals surface area contributed by atoms with Gasteiger partial charge in [0.2, 0.25) is 0 Å². The summed E-state index contributed by atoms with van der Waals surface area (Å²) in [5.41, 5.74) is -2.55. The van der Waals surface area contributed by atoms with Crippen LogP contribution in [0.4, 0.5) is 30.7 Å². The Morgan fingerprint density at radius 2 is 1.43 bits per heavy atom. The van der Waals surface area contributed by atoms with Gasteiger partial charge in [-0.15, -0.1) is 0 Å². The summed E-state index contributed by atoms with van der Waals surface area (Å²) in [7, 11) is 1.24. The Morgan fingerprint density at radius 3 is 1.89 bits per heavy atom. The van der Waals surface area contributed by atoms with E-state index in [1.807, 2.05) is 0 Å². The third-order valence-electron chi connectivity index (χ3n) is 3.53. The second-order valence-electron chi connectivity index (χ2n) is 5.63. The van der Waals surface area contributed by atoms with Gasteiger partial charge in [-0.05, 0) is 35.9 Å². The van der Waals surface area contributed by atoms with Crippen LogP contribution in [-0.2, 0) is 28.5 Å². The van der Waals surface area contributed by atoms with Crippen molar-refractivity contribution >= 4 is 5.71 Å². The topological polar surface area (TPSA) is 30.8 Å². The maximum Gasteiger partial charge on any atom is 0.416 e. The zero-order valence-corrected chi connectivity index (χ0v) is 14.4. The zero-order valence-electron chi connectivity index (χ0n) is 14.4. The molecule has 0 aliphatic rings. The van der Waals surface area contributed by atoms with Gasteiger partial charge in [0.25, 0.3) is 0 Å². The van der Waals surface area contributed by atoms with Crippen LogP contribution in [0.1, 0.15) is 22.3 Å². The maximum absolute atomic E-state index is 13.0. The Kier molecular flexibility index (Phi) is 6.65. The lowest BCUT2D eigenvalue weighted by Crippen LogP contribution is -2.14. The number of alkyl halides is 6. The van der Waals surface area contributed by atoms with Crippen LogP contribution in [0.3, 0.4) is 0 Å². The largest absolute Gasteiger partial charge is 0.416 e. The minimum absolute atomic E-state index is 0.0415. The van der Waals surface area contributed by atoms with Crippen LogP contribution in [0.15, 0.2) is 47.6 Å². The van der Waals surface area contributed by atoms with Crippen molar-refractivity contribution < 1.29 is 40.3 Å². The lowest BCUT2D eigenvalue weighted by molar-refractivity contribution is -0.143. The van der Waals surface area contributed by atoms with Crippen molar-refractivity contribution in [2.24, 2.45) is 5.16 Å². The van der Waals surface area contributed by atoms with Gasteiger partial charge in [-0.3, -0.25) is 0 Å². The number of halogens is 7. The fourth-order valence-electron chi connectivity index (χ4n) is 2.28. The van der Waals surface area contributed by atoms with Crippen LogP contribution in [0.25, 0.3) is 0 Å². The predicted molar refractivity (Wildman–Crippen MR) is 86.0 cm³/mol. The summed E-state index contributed by atoms with van der Waals surface area (Å²) < 4.78 is 95.4. The number of benzene rings is 2. The van der Waals surface area contributed by atoms with Crippen LogP contribution in [0.2, 0.25) is 0 Å². The Labute approximate surface area is 155 Å². The smallest absolute Gasteiger partial charge is 0.399 e. The number of oxime groups is 1. The molecule has 0 unspecified atom stereocenters. The molecule has 152 valence electrons. The average Bonchev–Trinajstić information content (AvgIpc) is 2.60. The van der Waals surface area contributed by atoms with Crippen molar-refractivity contribution in [2.45, 2.75) is 19.0 Å². The first-order valence-corrected chi connectivity index (χ1v) is 7.73. The Morgan fingerprint density at radius 1 is 0.893 bits per heavy atom. The number of nitrogens with zero attached hydrogens (tertiary/aromatic N) is 1. The highest BCUT2D eigenvalue weighted by atomic mass is 19.4. The normalized spacial score (nSPS) is 12.9. The first-order valence-electron chi connectivity index (χ1n) is 7.73. The number of ether oxygens (including phenoxy) is 1. The summed E-state index contributed by atoms with van der Waals surface area (Å²) in [5.74, 6) is -0.495. The van der Waals surface area contributed by atoms with E-state index < -0.39 is 35.9 Å². The fraction of sp³-hybridized carbons (Fsp3) is 0.278. The van der Waals surface area contributed by atoms with Crippen molar-refractivity contribution in [3.8, 4) is 0 Å². The summed E-state index contributed by atoms with van der Waals surface area (Å²) in [6.45, 7) is -0.812. The van der Waals surface area contributed by atoms with Crippen molar-refractivity contribution in [3.63, 3.8) is 0 Å². The molecule has 2 aromatic carbocycles. The fourth-order valence-corrected chi connectivity index (χ4v) is 2.28. The molecule has 0 saturated carbocycles. The molecule has 0 aromatic heterocycles. The highest BCUT2D eigenvalue weighted by Crippen LogP contribution is 2.36. The van der Waals surface area contributed by atoms with Gasteiger partial charge in [-0.2, -0.15) is 26.3 Å². The van der Waals surface area contributed by atoms with Crippen molar-refractivity contribution in [1.82, 2.24) is 0 Å². The molecular weight excluding hydrogens is 395 g/mol. The van der Waals surface area contributed by atoms with Gasteiger partial charge < -0.3 is 9.57 Å². The molecule has 0 saturated heterocycles. The zero-order chi connectivity index (χ0) is 20.9. The second kappa shape index (κ2) is 8.59.